The number of aryl methyl sites for hydroxylation is 1. The first-order valence-corrected chi connectivity index (χ1v) is 8.26. The lowest BCUT2D eigenvalue weighted by molar-refractivity contribution is 0.0254. The fraction of sp³-hybridized carbons (Fsp3) is 0.667. The van der Waals surface area contributed by atoms with Crippen molar-refractivity contribution in [2.75, 3.05) is 13.1 Å². The van der Waals surface area contributed by atoms with Gasteiger partial charge in [0.2, 0.25) is 0 Å². The second-order valence-corrected chi connectivity index (χ2v) is 6.26. The molecule has 0 aliphatic heterocycles. The molecule has 0 atom stereocenters. The van der Waals surface area contributed by atoms with Crippen molar-refractivity contribution in [1.29, 1.82) is 0 Å². The first-order chi connectivity index (χ1) is 9.79. The van der Waals surface area contributed by atoms with Crippen LogP contribution in [0.2, 0.25) is 0 Å². The molecule has 2 N–H and O–H groups in total. The summed E-state index contributed by atoms with van der Waals surface area (Å²) >= 11 is 0. The van der Waals surface area contributed by atoms with Gasteiger partial charge in [0.15, 0.2) is 0 Å². The van der Waals surface area contributed by atoms with E-state index in [-0.39, 0.29) is 0 Å². The highest BCUT2D eigenvalue weighted by Gasteiger charge is 2.26. The molecule has 1 aliphatic carbocycles. The van der Waals surface area contributed by atoms with Crippen molar-refractivity contribution in [1.82, 2.24) is 5.32 Å². The molecule has 0 unspecified atom stereocenters. The van der Waals surface area contributed by atoms with Gasteiger partial charge >= 0.3 is 0 Å². The van der Waals surface area contributed by atoms with E-state index in [1.165, 1.54) is 44.1 Å². The molecule has 20 heavy (non-hydrogen) atoms. The van der Waals surface area contributed by atoms with E-state index in [0.717, 1.165) is 32.4 Å². The minimum atomic E-state index is -0.435. The molecule has 0 aromatic heterocycles. The second kappa shape index (κ2) is 8.43. The summed E-state index contributed by atoms with van der Waals surface area (Å²) < 4.78 is 0. The average molecular weight is 275 g/mol. The SMILES string of the molecule is OC1(CNCCCCc2ccccc2)CCCCCC1. The molecular formula is C18H29NO. The highest BCUT2D eigenvalue weighted by Crippen LogP contribution is 2.26. The van der Waals surface area contributed by atoms with E-state index >= 15 is 0 Å². The maximum absolute atomic E-state index is 10.5. The van der Waals surface area contributed by atoms with Crippen LogP contribution in [0.25, 0.3) is 0 Å². The minimum absolute atomic E-state index is 0.435. The van der Waals surface area contributed by atoms with Crippen LogP contribution in [0.1, 0.15) is 56.9 Å². The van der Waals surface area contributed by atoms with Gasteiger partial charge in [-0.05, 0) is 44.2 Å². The number of nitrogens with one attached hydrogen (secondary N) is 1. The molecule has 0 spiro atoms. The van der Waals surface area contributed by atoms with Gasteiger partial charge in [0.05, 0.1) is 5.60 Å². The van der Waals surface area contributed by atoms with Crippen molar-refractivity contribution < 1.29 is 5.11 Å². The van der Waals surface area contributed by atoms with Crippen LogP contribution in [0.5, 0.6) is 0 Å². The minimum Gasteiger partial charge on any atom is -0.389 e. The van der Waals surface area contributed by atoms with Gasteiger partial charge in [0, 0.05) is 6.54 Å². The Morgan fingerprint density at radius 3 is 2.35 bits per heavy atom. The molecule has 1 aromatic rings. The molecule has 0 amide bonds. The molecule has 1 fully saturated rings. The fourth-order valence-corrected chi connectivity index (χ4v) is 3.11. The zero-order chi connectivity index (χ0) is 14.1. The summed E-state index contributed by atoms with van der Waals surface area (Å²) in [6.45, 7) is 1.80. The number of unbranched alkanes of at least 4 members (excludes halogenated alkanes) is 1. The molecule has 1 aliphatic rings. The summed E-state index contributed by atoms with van der Waals surface area (Å²) in [6.07, 6.45) is 10.5. The topological polar surface area (TPSA) is 32.3 Å². The van der Waals surface area contributed by atoms with Gasteiger partial charge in [0.1, 0.15) is 0 Å². The number of rotatable bonds is 7. The van der Waals surface area contributed by atoms with Gasteiger partial charge in [-0.15, -0.1) is 0 Å². The normalized spacial score (nSPS) is 18.6. The standard InChI is InChI=1S/C18H29NO/c20-18(13-7-1-2-8-14-18)16-19-15-9-6-12-17-10-4-3-5-11-17/h3-5,10-11,19-20H,1-2,6-9,12-16H2. The predicted octanol–water partition coefficient (Wildman–Crippen LogP) is 3.68. The average Bonchev–Trinajstić information content (AvgIpc) is 2.69. The van der Waals surface area contributed by atoms with Crippen LogP contribution in [0, 0.1) is 0 Å². The quantitative estimate of drug-likeness (QED) is 0.587. The number of benzene rings is 1. The van der Waals surface area contributed by atoms with E-state index in [9.17, 15) is 5.11 Å². The lowest BCUT2D eigenvalue weighted by atomic mass is 9.94. The third-order valence-corrected chi connectivity index (χ3v) is 4.40. The van der Waals surface area contributed by atoms with Gasteiger partial charge in [-0.1, -0.05) is 56.0 Å². The van der Waals surface area contributed by atoms with E-state index in [1.54, 1.807) is 0 Å². The zero-order valence-electron chi connectivity index (χ0n) is 12.6. The molecule has 0 saturated heterocycles. The summed E-state index contributed by atoms with van der Waals surface area (Å²) in [4.78, 5) is 0. The summed E-state index contributed by atoms with van der Waals surface area (Å²) in [7, 11) is 0. The molecular weight excluding hydrogens is 246 g/mol. The highest BCUT2D eigenvalue weighted by molar-refractivity contribution is 5.14. The predicted molar refractivity (Wildman–Crippen MR) is 84.9 cm³/mol. The summed E-state index contributed by atoms with van der Waals surface area (Å²) in [5, 5.41) is 14.0. The van der Waals surface area contributed by atoms with Crippen LogP contribution in [-0.2, 0) is 6.42 Å². The molecule has 1 aromatic carbocycles. The van der Waals surface area contributed by atoms with Crippen LogP contribution in [0.4, 0.5) is 0 Å². The van der Waals surface area contributed by atoms with Crippen LogP contribution in [0.15, 0.2) is 30.3 Å². The van der Waals surface area contributed by atoms with Crippen molar-refractivity contribution in [2.45, 2.75) is 63.4 Å². The van der Waals surface area contributed by atoms with E-state index in [0.29, 0.717) is 0 Å². The van der Waals surface area contributed by atoms with E-state index in [1.807, 2.05) is 0 Å². The van der Waals surface area contributed by atoms with Gasteiger partial charge < -0.3 is 10.4 Å². The van der Waals surface area contributed by atoms with E-state index in [2.05, 4.69) is 35.6 Å². The van der Waals surface area contributed by atoms with Crippen molar-refractivity contribution in [2.24, 2.45) is 0 Å². The Labute approximate surface area is 123 Å². The van der Waals surface area contributed by atoms with E-state index < -0.39 is 5.60 Å². The third kappa shape index (κ3) is 5.64. The van der Waals surface area contributed by atoms with Crippen molar-refractivity contribution >= 4 is 0 Å². The largest absolute Gasteiger partial charge is 0.389 e. The lowest BCUT2D eigenvalue weighted by Crippen LogP contribution is -2.40. The Morgan fingerprint density at radius 2 is 1.65 bits per heavy atom. The number of hydrogen-bond donors (Lipinski definition) is 2. The monoisotopic (exact) mass is 275 g/mol. The molecule has 0 heterocycles. The lowest BCUT2D eigenvalue weighted by Gasteiger charge is -2.27. The number of aliphatic hydroxyl groups is 1. The van der Waals surface area contributed by atoms with Gasteiger partial charge in [-0.25, -0.2) is 0 Å². The first-order valence-electron chi connectivity index (χ1n) is 8.26. The Hall–Kier alpha value is -0.860. The van der Waals surface area contributed by atoms with Gasteiger partial charge in [0.25, 0.3) is 0 Å². The molecule has 0 bridgehead atoms. The summed E-state index contributed by atoms with van der Waals surface area (Å²) in [5.41, 5.74) is 0.991. The molecule has 1 saturated carbocycles. The zero-order valence-corrected chi connectivity index (χ0v) is 12.6. The van der Waals surface area contributed by atoms with Crippen molar-refractivity contribution in [3.8, 4) is 0 Å². The van der Waals surface area contributed by atoms with Crippen LogP contribution >= 0.6 is 0 Å². The maximum Gasteiger partial charge on any atom is 0.0771 e. The smallest absolute Gasteiger partial charge is 0.0771 e. The molecule has 2 heteroatoms. The Kier molecular flexibility index (Phi) is 6.55. The second-order valence-electron chi connectivity index (χ2n) is 6.26. The van der Waals surface area contributed by atoms with Crippen LogP contribution < -0.4 is 5.32 Å². The van der Waals surface area contributed by atoms with E-state index in [4.69, 9.17) is 0 Å². The molecule has 2 rings (SSSR count). The van der Waals surface area contributed by atoms with Gasteiger partial charge in [-0.2, -0.15) is 0 Å². The first kappa shape index (κ1) is 15.5. The Morgan fingerprint density at radius 1 is 0.950 bits per heavy atom. The molecule has 0 radical (unpaired) electrons. The Balaban J connectivity index is 1.55. The van der Waals surface area contributed by atoms with Gasteiger partial charge in [-0.3, -0.25) is 0 Å². The number of hydrogen-bond acceptors (Lipinski definition) is 2. The van der Waals surface area contributed by atoms with Crippen LogP contribution in [-0.4, -0.2) is 23.8 Å². The highest BCUT2D eigenvalue weighted by atomic mass is 16.3. The Bertz CT molecular complexity index is 355. The summed E-state index contributed by atoms with van der Waals surface area (Å²) in [6, 6.07) is 10.7. The van der Waals surface area contributed by atoms with Crippen molar-refractivity contribution in [3.05, 3.63) is 35.9 Å². The van der Waals surface area contributed by atoms with Crippen LogP contribution in [0.3, 0.4) is 0 Å². The molecule has 112 valence electrons. The summed E-state index contributed by atoms with van der Waals surface area (Å²) in [5.74, 6) is 0. The fourth-order valence-electron chi connectivity index (χ4n) is 3.11. The molecule has 2 nitrogen and oxygen atoms in total. The van der Waals surface area contributed by atoms with Crippen molar-refractivity contribution in [3.63, 3.8) is 0 Å². The maximum atomic E-state index is 10.5. The third-order valence-electron chi connectivity index (χ3n) is 4.40.